The zero-order valence-corrected chi connectivity index (χ0v) is 16.5. The molecule has 6 heteroatoms. The summed E-state index contributed by atoms with van der Waals surface area (Å²) in [7, 11) is 1.65. The van der Waals surface area contributed by atoms with E-state index in [1.54, 1.807) is 12.0 Å². The minimum atomic E-state index is -0.604. The summed E-state index contributed by atoms with van der Waals surface area (Å²) in [6, 6.07) is 17.2. The number of benzene rings is 3. The van der Waals surface area contributed by atoms with Crippen molar-refractivity contribution < 1.29 is 9.53 Å². The van der Waals surface area contributed by atoms with Gasteiger partial charge in [-0.05, 0) is 41.1 Å². The maximum atomic E-state index is 13.0. The molecule has 0 saturated carbocycles. The third kappa shape index (κ3) is 3.26. The molecule has 1 heterocycles. The fraction of sp³-hybridized carbons (Fsp3) is 0.190. The van der Waals surface area contributed by atoms with E-state index in [4.69, 9.17) is 10.5 Å². The molecule has 3 aromatic rings. The van der Waals surface area contributed by atoms with Gasteiger partial charge in [0.05, 0.1) is 25.0 Å². The molecule has 1 unspecified atom stereocenters. The molecular weight excluding hydrogens is 406 g/mol. The van der Waals surface area contributed by atoms with Crippen molar-refractivity contribution in [2.45, 2.75) is 12.6 Å². The van der Waals surface area contributed by atoms with Crippen LogP contribution in [-0.2, 0) is 11.3 Å². The second-order valence-electron chi connectivity index (χ2n) is 6.54. The second kappa shape index (κ2) is 7.21. The minimum absolute atomic E-state index is 0.108. The van der Waals surface area contributed by atoms with Gasteiger partial charge in [0.15, 0.2) is 0 Å². The molecule has 0 bridgehead atoms. The van der Waals surface area contributed by atoms with Crippen LogP contribution in [0.1, 0.15) is 5.56 Å². The Morgan fingerprint density at radius 3 is 2.85 bits per heavy atom. The van der Waals surface area contributed by atoms with Crippen molar-refractivity contribution in [3.8, 4) is 5.75 Å². The van der Waals surface area contributed by atoms with Crippen molar-refractivity contribution >= 4 is 44.0 Å². The van der Waals surface area contributed by atoms with Gasteiger partial charge in [-0.2, -0.15) is 0 Å². The Morgan fingerprint density at radius 1 is 1.22 bits per heavy atom. The van der Waals surface area contributed by atoms with Crippen LogP contribution in [0.5, 0.6) is 5.75 Å². The highest BCUT2D eigenvalue weighted by Gasteiger charge is 2.29. The van der Waals surface area contributed by atoms with Gasteiger partial charge in [0.2, 0.25) is 5.91 Å². The number of nitrogens with zero attached hydrogens (tertiary/aromatic N) is 1. The standard InChI is InChI=1S/C21H20BrN3O2/c1-27-20-9-6-13-10-14(22)7-8-15(13)16(20)12-25-19-5-3-2-4-18(19)24-11-17(23)21(25)26/h2-10,17,24H,11-12,23H2,1H3. The van der Waals surface area contributed by atoms with E-state index in [1.165, 1.54) is 0 Å². The average Bonchev–Trinajstić information content (AvgIpc) is 2.80. The van der Waals surface area contributed by atoms with E-state index in [0.29, 0.717) is 13.1 Å². The lowest BCUT2D eigenvalue weighted by molar-refractivity contribution is -0.119. The van der Waals surface area contributed by atoms with Crippen LogP contribution in [-0.4, -0.2) is 25.6 Å². The molecule has 0 aromatic heterocycles. The number of nitrogens with two attached hydrogens (primary N) is 1. The van der Waals surface area contributed by atoms with Crippen LogP contribution < -0.4 is 20.7 Å². The molecule has 0 radical (unpaired) electrons. The van der Waals surface area contributed by atoms with Crippen molar-refractivity contribution in [3.63, 3.8) is 0 Å². The van der Waals surface area contributed by atoms with Crippen LogP contribution in [0, 0.1) is 0 Å². The van der Waals surface area contributed by atoms with E-state index in [2.05, 4.69) is 27.3 Å². The number of ether oxygens (including phenoxy) is 1. The Labute approximate surface area is 166 Å². The Kier molecular flexibility index (Phi) is 4.76. The molecule has 1 atom stereocenters. The average molecular weight is 426 g/mol. The van der Waals surface area contributed by atoms with Crippen LogP contribution in [0.2, 0.25) is 0 Å². The van der Waals surface area contributed by atoms with Gasteiger partial charge in [0.25, 0.3) is 0 Å². The molecule has 0 saturated heterocycles. The van der Waals surface area contributed by atoms with Gasteiger partial charge in [0, 0.05) is 16.6 Å². The lowest BCUT2D eigenvalue weighted by atomic mass is 10.0. The van der Waals surface area contributed by atoms with Crippen molar-refractivity contribution in [3.05, 3.63) is 64.6 Å². The highest BCUT2D eigenvalue weighted by atomic mass is 79.9. The smallest absolute Gasteiger partial charge is 0.246 e. The van der Waals surface area contributed by atoms with Crippen LogP contribution in [0.15, 0.2) is 59.1 Å². The molecule has 138 valence electrons. The Morgan fingerprint density at radius 2 is 2.04 bits per heavy atom. The summed E-state index contributed by atoms with van der Waals surface area (Å²) in [4.78, 5) is 14.8. The number of hydrogen-bond donors (Lipinski definition) is 2. The summed E-state index contributed by atoms with van der Waals surface area (Å²) in [5.74, 6) is 0.643. The highest BCUT2D eigenvalue weighted by molar-refractivity contribution is 9.10. The fourth-order valence-corrected chi connectivity index (χ4v) is 3.88. The molecule has 0 aliphatic carbocycles. The van der Waals surface area contributed by atoms with E-state index in [0.717, 1.165) is 37.9 Å². The zero-order chi connectivity index (χ0) is 19.0. The molecule has 27 heavy (non-hydrogen) atoms. The molecule has 1 amide bonds. The first kappa shape index (κ1) is 17.8. The Bertz CT molecular complexity index is 1020. The fourth-order valence-electron chi connectivity index (χ4n) is 3.51. The summed E-state index contributed by atoms with van der Waals surface area (Å²) in [6.07, 6.45) is 0. The van der Waals surface area contributed by atoms with Crippen molar-refractivity contribution in [2.75, 3.05) is 23.9 Å². The van der Waals surface area contributed by atoms with E-state index in [-0.39, 0.29) is 5.91 Å². The van der Waals surface area contributed by atoms with Crippen LogP contribution in [0.3, 0.4) is 0 Å². The first-order valence-corrected chi connectivity index (χ1v) is 9.53. The predicted molar refractivity (Wildman–Crippen MR) is 112 cm³/mol. The zero-order valence-electron chi connectivity index (χ0n) is 14.9. The van der Waals surface area contributed by atoms with Gasteiger partial charge in [-0.3, -0.25) is 4.79 Å². The largest absolute Gasteiger partial charge is 0.496 e. The van der Waals surface area contributed by atoms with E-state index in [9.17, 15) is 4.79 Å². The molecule has 1 aliphatic heterocycles. The molecular formula is C21H20BrN3O2. The topological polar surface area (TPSA) is 67.6 Å². The number of methoxy groups -OCH3 is 1. The van der Waals surface area contributed by atoms with Gasteiger partial charge < -0.3 is 20.7 Å². The molecule has 5 nitrogen and oxygen atoms in total. The number of nitrogens with one attached hydrogen (secondary N) is 1. The molecule has 0 spiro atoms. The molecule has 3 N–H and O–H groups in total. The van der Waals surface area contributed by atoms with Gasteiger partial charge in [-0.15, -0.1) is 0 Å². The number of fused-ring (bicyclic) bond motifs is 2. The Balaban J connectivity index is 1.86. The van der Waals surface area contributed by atoms with E-state index in [1.807, 2.05) is 48.5 Å². The molecule has 1 aliphatic rings. The summed E-state index contributed by atoms with van der Waals surface area (Å²) in [5.41, 5.74) is 8.80. The first-order valence-electron chi connectivity index (χ1n) is 8.73. The number of carbonyl (C=O) groups is 1. The van der Waals surface area contributed by atoms with Crippen LogP contribution >= 0.6 is 15.9 Å². The van der Waals surface area contributed by atoms with Gasteiger partial charge in [-0.1, -0.05) is 40.2 Å². The normalized spacial score (nSPS) is 16.6. The van der Waals surface area contributed by atoms with Crippen LogP contribution in [0.25, 0.3) is 10.8 Å². The van der Waals surface area contributed by atoms with Gasteiger partial charge >= 0.3 is 0 Å². The van der Waals surface area contributed by atoms with Crippen molar-refractivity contribution in [2.24, 2.45) is 5.73 Å². The van der Waals surface area contributed by atoms with Gasteiger partial charge in [-0.25, -0.2) is 0 Å². The van der Waals surface area contributed by atoms with Gasteiger partial charge in [0.1, 0.15) is 11.8 Å². The maximum absolute atomic E-state index is 13.0. The summed E-state index contributed by atoms with van der Waals surface area (Å²) < 4.78 is 6.62. The first-order chi connectivity index (χ1) is 13.1. The summed E-state index contributed by atoms with van der Waals surface area (Å²) in [6.45, 7) is 0.791. The number of anilines is 2. The number of para-hydroxylation sites is 2. The lowest BCUT2D eigenvalue weighted by Gasteiger charge is -2.25. The minimum Gasteiger partial charge on any atom is -0.496 e. The number of carbonyl (C=O) groups excluding carboxylic acids is 1. The van der Waals surface area contributed by atoms with Crippen molar-refractivity contribution in [1.82, 2.24) is 0 Å². The molecule has 4 rings (SSSR count). The number of amides is 1. The molecule has 3 aromatic carbocycles. The van der Waals surface area contributed by atoms with E-state index < -0.39 is 6.04 Å². The maximum Gasteiger partial charge on any atom is 0.246 e. The summed E-state index contributed by atoms with van der Waals surface area (Å²) in [5, 5.41) is 5.40. The monoisotopic (exact) mass is 425 g/mol. The van der Waals surface area contributed by atoms with Crippen LogP contribution in [0.4, 0.5) is 11.4 Å². The molecule has 0 fully saturated rings. The van der Waals surface area contributed by atoms with Crippen molar-refractivity contribution in [1.29, 1.82) is 0 Å². The Hall–Kier alpha value is -2.57. The highest BCUT2D eigenvalue weighted by Crippen LogP contribution is 2.35. The third-order valence-electron chi connectivity index (χ3n) is 4.88. The number of rotatable bonds is 3. The SMILES string of the molecule is COc1ccc2cc(Br)ccc2c1CN1C(=O)C(N)CNc2ccccc21. The predicted octanol–water partition coefficient (Wildman–Crippen LogP) is 3.90. The summed E-state index contributed by atoms with van der Waals surface area (Å²) >= 11 is 3.52. The third-order valence-corrected chi connectivity index (χ3v) is 5.37. The number of halogens is 1. The van der Waals surface area contributed by atoms with E-state index >= 15 is 0 Å². The lowest BCUT2D eigenvalue weighted by Crippen LogP contribution is -2.45. The second-order valence-corrected chi connectivity index (χ2v) is 7.46. The quantitative estimate of drug-likeness (QED) is 0.667. The number of hydrogen-bond acceptors (Lipinski definition) is 4.